The van der Waals surface area contributed by atoms with Gasteiger partial charge in [-0.25, -0.2) is 4.79 Å². The lowest BCUT2D eigenvalue weighted by Gasteiger charge is -2.26. The van der Waals surface area contributed by atoms with Crippen LogP contribution in [0.15, 0.2) is 182 Å². The summed E-state index contributed by atoms with van der Waals surface area (Å²) in [6.45, 7) is 0.894. The maximum absolute atomic E-state index is 14.9. The zero-order valence-corrected chi connectivity index (χ0v) is 36.1. The molecular weight excluding hydrogens is 815 g/mol. The Morgan fingerprint density at radius 1 is 0.462 bits per heavy atom. The Morgan fingerprint density at radius 3 is 1.46 bits per heavy atom. The fraction of sp³-hybridized carbons (Fsp3) is 0.196. The third-order valence-electron chi connectivity index (χ3n) is 11.3. The Morgan fingerprint density at radius 2 is 0.923 bits per heavy atom. The molecule has 65 heavy (non-hydrogen) atoms. The van der Waals surface area contributed by atoms with Gasteiger partial charge in [0, 0.05) is 5.56 Å². The predicted octanol–water partition coefficient (Wildman–Crippen LogP) is 11.5. The summed E-state index contributed by atoms with van der Waals surface area (Å²) >= 11 is 0. The van der Waals surface area contributed by atoms with Crippen LogP contribution in [0.4, 0.5) is 0 Å². The second-order valence-electron chi connectivity index (χ2n) is 16.0. The first-order chi connectivity index (χ1) is 32.0. The topological polar surface area (TPSA) is 109 Å². The van der Waals surface area contributed by atoms with Crippen LogP contribution < -0.4 is 24.3 Å². The van der Waals surface area contributed by atoms with Crippen LogP contribution in [-0.2, 0) is 31.2 Å². The summed E-state index contributed by atoms with van der Waals surface area (Å²) in [5.41, 5.74) is 4.78. The summed E-state index contributed by atoms with van der Waals surface area (Å²) in [6.07, 6.45) is 3.23. The maximum Gasteiger partial charge on any atom is 0.338 e. The van der Waals surface area contributed by atoms with Crippen molar-refractivity contribution in [1.82, 2.24) is 5.32 Å². The van der Waals surface area contributed by atoms with Gasteiger partial charge in [0.1, 0.15) is 61.1 Å². The molecule has 8 rings (SSSR count). The van der Waals surface area contributed by atoms with Gasteiger partial charge in [-0.15, -0.1) is 0 Å². The highest BCUT2D eigenvalue weighted by atomic mass is 16.5. The molecule has 1 aliphatic rings. The average Bonchev–Trinajstić information content (AvgIpc) is 3.58. The maximum atomic E-state index is 14.9. The number of rotatable bonds is 18. The van der Waals surface area contributed by atoms with E-state index in [1.807, 2.05) is 127 Å². The Bertz CT molecular complexity index is 2570. The predicted molar refractivity (Wildman–Crippen MR) is 249 cm³/mol. The molecule has 2 atom stereocenters. The number of carbonyl (C=O) groups is 3. The summed E-state index contributed by atoms with van der Waals surface area (Å²) in [7, 11) is 0. The lowest BCUT2D eigenvalue weighted by atomic mass is 9.98. The van der Waals surface area contributed by atoms with Crippen molar-refractivity contribution < 1.29 is 38.1 Å². The highest BCUT2D eigenvalue weighted by Gasteiger charge is 2.31. The van der Waals surface area contributed by atoms with Crippen molar-refractivity contribution in [1.29, 1.82) is 0 Å². The second kappa shape index (κ2) is 22.1. The van der Waals surface area contributed by atoms with Crippen molar-refractivity contribution >= 4 is 17.7 Å². The summed E-state index contributed by atoms with van der Waals surface area (Å²) in [4.78, 5) is 43.1. The molecule has 1 fully saturated rings. The molecule has 1 aliphatic carbocycles. The minimum Gasteiger partial charge on any atom is -0.489 e. The van der Waals surface area contributed by atoms with E-state index in [1.165, 1.54) is 0 Å². The first-order valence-corrected chi connectivity index (χ1v) is 22.1. The van der Waals surface area contributed by atoms with Crippen LogP contribution in [0.5, 0.6) is 23.0 Å². The number of benzene rings is 7. The highest BCUT2D eigenvalue weighted by molar-refractivity contribution is 6.14. The number of nitrogens with one attached hydrogen (secondary N) is 1. The van der Waals surface area contributed by atoms with Crippen LogP contribution in [0.25, 0.3) is 0 Å². The van der Waals surface area contributed by atoms with Crippen molar-refractivity contribution in [3.63, 3.8) is 0 Å². The van der Waals surface area contributed by atoms with E-state index in [9.17, 15) is 14.4 Å². The number of ketones is 1. The zero-order chi connectivity index (χ0) is 44.6. The van der Waals surface area contributed by atoms with E-state index >= 15 is 0 Å². The van der Waals surface area contributed by atoms with E-state index in [-0.39, 0.29) is 48.4 Å². The summed E-state index contributed by atoms with van der Waals surface area (Å²) in [6, 6.07) is 55.5. The molecule has 0 bridgehead atoms. The number of esters is 1. The average molecular weight is 866 g/mol. The van der Waals surface area contributed by atoms with Crippen molar-refractivity contribution in [2.75, 3.05) is 0 Å². The molecule has 0 unspecified atom stereocenters. The van der Waals surface area contributed by atoms with Crippen molar-refractivity contribution in [3.8, 4) is 23.0 Å². The molecule has 0 heterocycles. The van der Waals surface area contributed by atoms with E-state index in [1.54, 1.807) is 54.6 Å². The second-order valence-corrected chi connectivity index (χ2v) is 16.0. The number of carbonyl (C=O) groups excluding carboxylic acids is 3. The third kappa shape index (κ3) is 12.1. The van der Waals surface area contributed by atoms with E-state index in [2.05, 4.69) is 5.32 Å². The molecule has 0 spiro atoms. The van der Waals surface area contributed by atoms with Gasteiger partial charge in [0.2, 0.25) is 5.78 Å². The van der Waals surface area contributed by atoms with Gasteiger partial charge in [0.15, 0.2) is 0 Å². The van der Waals surface area contributed by atoms with Gasteiger partial charge < -0.3 is 29.0 Å². The summed E-state index contributed by atoms with van der Waals surface area (Å²) < 4.78 is 31.5. The van der Waals surface area contributed by atoms with E-state index in [0.29, 0.717) is 42.1 Å². The lowest BCUT2D eigenvalue weighted by molar-refractivity contribution is 0.0178. The van der Waals surface area contributed by atoms with Gasteiger partial charge in [-0.3, -0.25) is 9.59 Å². The fourth-order valence-corrected chi connectivity index (χ4v) is 7.76. The number of ether oxygens (including phenoxy) is 5. The lowest BCUT2D eigenvalue weighted by Crippen LogP contribution is -2.44. The van der Waals surface area contributed by atoms with Gasteiger partial charge in [-0.1, -0.05) is 146 Å². The molecule has 0 aliphatic heterocycles. The Hall–Kier alpha value is -7.65. The number of para-hydroxylation sites is 1. The molecule has 1 amide bonds. The molecule has 7 aromatic rings. The van der Waals surface area contributed by atoms with Gasteiger partial charge in [-0.05, 0) is 90.0 Å². The number of amides is 1. The first kappa shape index (κ1) is 44.0. The Kier molecular flexibility index (Phi) is 15.0. The van der Waals surface area contributed by atoms with Gasteiger partial charge in [0.25, 0.3) is 5.91 Å². The van der Waals surface area contributed by atoms with E-state index in [4.69, 9.17) is 23.7 Å². The largest absolute Gasteiger partial charge is 0.489 e. The van der Waals surface area contributed by atoms with Crippen LogP contribution in [0.2, 0.25) is 0 Å². The Balaban J connectivity index is 1.07. The van der Waals surface area contributed by atoms with Crippen molar-refractivity contribution in [3.05, 3.63) is 226 Å². The molecule has 328 valence electrons. The van der Waals surface area contributed by atoms with Crippen LogP contribution in [0.1, 0.15) is 91.0 Å². The summed E-state index contributed by atoms with van der Waals surface area (Å²) in [5.74, 6) is 0.0441. The first-order valence-electron chi connectivity index (χ1n) is 22.1. The normalized spacial score (nSPS) is 14.6. The monoisotopic (exact) mass is 865 g/mol. The smallest absolute Gasteiger partial charge is 0.338 e. The molecule has 7 aromatic carbocycles. The molecule has 1 saturated carbocycles. The third-order valence-corrected chi connectivity index (χ3v) is 11.3. The minimum atomic E-state index is -0.629. The summed E-state index contributed by atoms with van der Waals surface area (Å²) in [5, 5.41) is 3.16. The number of hydrogen-bond acceptors (Lipinski definition) is 8. The molecule has 0 radical (unpaired) electrons. The minimum absolute atomic E-state index is 0.112. The molecular formula is C56H51NO8. The molecule has 0 saturated heterocycles. The molecule has 9 heteroatoms. The van der Waals surface area contributed by atoms with Crippen LogP contribution in [0, 0.1) is 0 Å². The standard InChI is InChI=1S/C56H51NO8/c58-54(47-26-16-17-28-49(47)62-37-41-20-8-2-9-21-41)53-51(63-38-42-22-10-3-11-23-42)34-45(35-52(53)64-39-43-24-12-4-13-25-43)56(60)65-50-29-15-5-14-27-48(50)57-55(59)44-30-32-46(33-31-44)61-36-40-18-6-1-7-19-40/h1-4,6-13,16-26,28,30-35,48,50H,5,14-15,27,29,36-39H2,(H,57,59)/t48-,50-/m1/s1. The Labute approximate surface area is 379 Å². The van der Waals surface area contributed by atoms with Gasteiger partial charge in [-0.2, -0.15) is 0 Å². The number of hydrogen-bond donors (Lipinski definition) is 1. The molecule has 1 N–H and O–H groups in total. The van der Waals surface area contributed by atoms with Gasteiger partial charge in [0.05, 0.1) is 17.2 Å². The van der Waals surface area contributed by atoms with E-state index < -0.39 is 23.9 Å². The fourth-order valence-electron chi connectivity index (χ4n) is 7.76. The van der Waals surface area contributed by atoms with Crippen molar-refractivity contribution in [2.24, 2.45) is 0 Å². The highest BCUT2D eigenvalue weighted by Crippen LogP contribution is 2.37. The molecule has 0 aromatic heterocycles. The van der Waals surface area contributed by atoms with Gasteiger partial charge >= 0.3 is 5.97 Å². The van der Waals surface area contributed by atoms with E-state index in [0.717, 1.165) is 41.5 Å². The SMILES string of the molecule is O=C(N[C@@H]1CCCCC[C@H]1OC(=O)c1cc(OCc2ccccc2)c(C(=O)c2ccccc2OCc2ccccc2)c(OCc2ccccc2)c1)c1ccc(OCc2ccccc2)cc1. The van der Waals surface area contributed by atoms with Crippen LogP contribution in [0.3, 0.4) is 0 Å². The quantitative estimate of drug-likeness (QED) is 0.0516. The zero-order valence-electron chi connectivity index (χ0n) is 36.1. The molecule has 9 nitrogen and oxygen atoms in total. The van der Waals surface area contributed by atoms with Crippen LogP contribution >= 0.6 is 0 Å². The van der Waals surface area contributed by atoms with Crippen molar-refractivity contribution in [2.45, 2.75) is 70.7 Å². The van der Waals surface area contributed by atoms with Crippen LogP contribution in [-0.4, -0.2) is 29.8 Å².